The van der Waals surface area contributed by atoms with Crippen molar-refractivity contribution in [3.8, 4) is 0 Å². The van der Waals surface area contributed by atoms with E-state index in [0.717, 1.165) is 19.5 Å². The Morgan fingerprint density at radius 2 is 1.73 bits per heavy atom. The summed E-state index contributed by atoms with van der Waals surface area (Å²) in [6.45, 7) is 12.3. The van der Waals surface area contributed by atoms with Crippen LogP contribution in [-0.2, 0) is 6.42 Å². The summed E-state index contributed by atoms with van der Waals surface area (Å²) >= 11 is 0. The summed E-state index contributed by atoms with van der Waals surface area (Å²) in [4.78, 5) is 0. The minimum absolute atomic E-state index is 1.09. The molecule has 0 aromatic heterocycles. The Balaban J connectivity index is 0.000000336. The van der Waals surface area contributed by atoms with Gasteiger partial charge in [0.2, 0.25) is 0 Å². The summed E-state index contributed by atoms with van der Waals surface area (Å²) in [6, 6.07) is 8.32. The Hall–Kier alpha value is -1.08. The van der Waals surface area contributed by atoms with Gasteiger partial charge < -0.3 is 5.32 Å². The van der Waals surface area contributed by atoms with E-state index in [1.54, 1.807) is 0 Å². The van der Waals surface area contributed by atoms with Crippen LogP contribution < -0.4 is 5.32 Å². The molecule has 0 spiro atoms. The predicted molar refractivity (Wildman–Crippen MR) is 70.1 cm³/mol. The van der Waals surface area contributed by atoms with Gasteiger partial charge in [-0.2, -0.15) is 0 Å². The quantitative estimate of drug-likeness (QED) is 0.793. The molecule has 1 rings (SSSR count). The highest BCUT2D eigenvalue weighted by atomic mass is 14.8. The third-order valence-corrected chi connectivity index (χ3v) is 2.16. The number of benzene rings is 1. The van der Waals surface area contributed by atoms with Gasteiger partial charge in [-0.05, 0) is 30.6 Å². The first kappa shape index (κ1) is 13.9. The molecule has 0 saturated heterocycles. The van der Waals surface area contributed by atoms with Crippen molar-refractivity contribution in [1.82, 2.24) is 5.32 Å². The van der Waals surface area contributed by atoms with Crippen LogP contribution in [0, 0.1) is 0 Å². The molecular weight excluding hydrogens is 182 g/mol. The lowest BCUT2D eigenvalue weighted by atomic mass is 10.1. The van der Waals surface area contributed by atoms with Gasteiger partial charge in [0.25, 0.3) is 0 Å². The lowest BCUT2D eigenvalue weighted by Gasteiger charge is -1.99. The second-order valence-electron chi connectivity index (χ2n) is 3.21. The first-order chi connectivity index (χ1) is 7.29. The van der Waals surface area contributed by atoms with Crippen molar-refractivity contribution >= 4 is 6.08 Å². The molecule has 0 heterocycles. The van der Waals surface area contributed by atoms with Crippen molar-refractivity contribution in [2.24, 2.45) is 0 Å². The monoisotopic (exact) mass is 205 g/mol. The molecule has 0 saturated carbocycles. The molecule has 0 radical (unpaired) electrons. The molecule has 1 nitrogen and oxygen atoms in total. The lowest BCUT2D eigenvalue weighted by molar-refractivity contribution is 0.762. The summed E-state index contributed by atoms with van der Waals surface area (Å²) in [5, 5.41) is 3.11. The second-order valence-corrected chi connectivity index (χ2v) is 3.21. The molecule has 0 amide bonds. The van der Waals surface area contributed by atoms with Crippen LogP contribution in [0.5, 0.6) is 0 Å². The van der Waals surface area contributed by atoms with Gasteiger partial charge in [0.1, 0.15) is 0 Å². The molecule has 15 heavy (non-hydrogen) atoms. The molecule has 1 aromatic carbocycles. The van der Waals surface area contributed by atoms with Crippen LogP contribution in [0.25, 0.3) is 6.08 Å². The fraction of sp³-hybridized carbons (Fsp3) is 0.429. The number of hydrogen-bond donors (Lipinski definition) is 1. The third kappa shape index (κ3) is 6.08. The van der Waals surface area contributed by atoms with Gasteiger partial charge in [-0.1, -0.05) is 57.7 Å². The van der Waals surface area contributed by atoms with Gasteiger partial charge in [-0.15, -0.1) is 0 Å². The second kappa shape index (κ2) is 9.47. The van der Waals surface area contributed by atoms with Gasteiger partial charge in [0, 0.05) is 0 Å². The molecule has 0 aliphatic rings. The molecule has 0 atom stereocenters. The zero-order chi connectivity index (χ0) is 11.5. The molecule has 1 N–H and O–H groups in total. The SMILES string of the molecule is C=Cc1ccccc1CC.CCNCC. The largest absolute Gasteiger partial charge is 0.317 e. The summed E-state index contributed by atoms with van der Waals surface area (Å²) in [7, 11) is 0. The van der Waals surface area contributed by atoms with Crippen LogP contribution in [0.15, 0.2) is 30.8 Å². The minimum Gasteiger partial charge on any atom is -0.317 e. The Labute approximate surface area is 94.2 Å². The Morgan fingerprint density at radius 3 is 2.07 bits per heavy atom. The molecule has 0 aliphatic heterocycles. The minimum atomic E-state index is 1.09. The summed E-state index contributed by atoms with van der Waals surface area (Å²) in [5.74, 6) is 0. The fourth-order valence-corrected chi connectivity index (χ4v) is 1.31. The van der Waals surface area contributed by atoms with E-state index in [1.807, 2.05) is 12.1 Å². The zero-order valence-corrected chi connectivity index (χ0v) is 10.2. The highest BCUT2D eigenvalue weighted by molar-refractivity contribution is 5.51. The van der Waals surface area contributed by atoms with Crippen molar-refractivity contribution in [2.45, 2.75) is 27.2 Å². The maximum Gasteiger partial charge on any atom is -0.00775 e. The van der Waals surface area contributed by atoms with E-state index < -0.39 is 0 Å². The van der Waals surface area contributed by atoms with Gasteiger partial charge in [0.15, 0.2) is 0 Å². The van der Waals surface area contributed by atoms with E-state index in [9.17, 15) is 0 Å². The normalized spacial score (nSPS) is 9.00. The Bertz CT molecular complexity index is 264. The van der Waals surface area contributed by atoms with Crippen LogP contribution in [0.1, 0.15) is 31.9 Å². The maximum absolute atomic E-state index is 3.74. The third-order valence-electron chi connectivity index (χ3n) is 2.16. The van der Waals surface area contributed by atoms with Gasteiger partial charge in [-0.3, -0.25) is 0 Å². The molecule has 0 unspecified atom stereocenters. The summed E-state index contributed by atoms with van der Waals surface area (Å²) in [5.41, 5.74) is 2.63. The predicted octanol–water partition coefficient (Wildman–Crippen LogP) is 3.51. The summed E-state index contributed by atoms with van der Waals surface area (Å²) < 4.78 is 0. The highest BCUT2D eigenvalue weighted by Gasteiger charge is 1.91. The van der Waals surface area contributed by atoms with Gasteiger partial charge >= 0.3 is 0 Å². The van der Waals surface area contributed by atoms with Crippen LogP contribution in [0.2, 0.25) is 0 Å². The number of aryl methyl sites for hydroxylation is 1. The van der Waals surface area contributed by atoms with Crippen molar-refractivity contribution in [1.29, 1.82) is 0 Å². The molecular formula is C14H23N. The van der Waals surface area contributed by atoms with Gasteiger partial charge in [0.05, 0.1) is 0 Å². The number of hydrogen-bond acceptors (Lipinski definition) is 1. The van der Waals surface area contributed by atoms with Gasteiger partial charge in [-0.25, -0.2) is 0 Å². The summed E-state index contributed by atoms with van der Waals surface area (Å²) in [6.07, 6.45) is 2.99. The van der Waals surface area contributed by atoms with E-state index in [1.165, 1.54) is 11.1 Å². The smallest absolute Gasteiger partial charge is 0.00775 e. The number of rotatable bonds is 4. The molecule has 0 fully saturated rings. The van der Waals surface area contributed by atoms with Crippen molar-refractivity contribution < 1.29 is 0 Å². The van der Waals surface area contributed by atoms with Crippen LogP contribution in [0.3, 0.4) is 0 Å². The first-order valence-corrected chi connectivity index (χ1v) is 5.71. The van der Waals surface area contributed by atoms with Crippen LogP contribution in [-0.4, -0.2) is 13.1 Å². The van der Waals surface area contributed by atoms with E-state index in [-0.39, 0.29) is 0 Å². The lowest BCUT2D eigenvalue weighted by Crippen LogP contribution is -2.09. The molecule has 0 aliphatic carbocycles. The molecule has 84 valence electrons. The van der Waals surface area contributed by atoms with E-state index in [2.05, 4.69) is 50.9 Å². The highest BCUT2D eigenvalue weighted by Crippen LogP contribution is 2.09. The average molecular weight is 205 g/mol. The number of nitrogens with one attached hydrogen (secondary N) is 1. The first-order valence-electron chi connectivity index (χ1n) is 5.71. The standard InChI is InChI=1S/C10H12.C4H11N/c1-3-9-7-5-6-8-10(9)4-2;1-3-5-4-2/h3,5-8H,1,4H2,2H3;5H,3-4H2,1-2H3. The van der Waals surface area contributed by atoms with Crippen LogP contribution >= 0.6 is 0 Å². The van der Waals surface area contributed by atoms with E-state index in [4.69, 9.17) is 0 Å². The van der Waals surface area contributed by atoms with Crippen molar-refractivity contribution in [3.63, 3.8) is 0 Å². The van der Waals surface area contributed by atoms with Crippen LogP contribution in [0.4, 0.5) is 0 Å². The van der Waals surface area contributed by atoms with Crippen molar-refractivity contribution in [2.75, 3.05) is 13.1 Å². The zero-order valence-electron chi connectivity index (χ0n) is 10.2. The Kier molecular flexibility index (Phi) is 8.79. The topological polar surface area (TPSA) is 12.0 Å². The molecule has 0 bridgehead atoms. The average Bonchev–Trinajstić information content (AvgIpc) is 2.31. The fourth-order valence-electron chi connectivity index (χ4n) is 1.31. The van der Waals surface area contributed by atoms with Crippen molar-refractivity contribution in [3.05, 3.63) is 42.0 Å². The van der Waals surface area contributed by atoms with E-state index in [0.29, 0.717) is 0 Å². The molecule has 1 aromatic rings. The Morgan fingerprint density at radius 1 is 1.13 bits per heavy atom. The molecule has 1 heteroatoms. The maximum atomic E-state index is 3.74. The van der Waals surface area contributed by atoms with E-state index >= 15 is 0 Å².